The molecule has 2 aliphatic rings. The van der Waals surface area contributed by atoms with Crippen molar-refractivity contribution in [3.05, 3.63) is 29.3 Å². The highest BCUT2D eigenvalue weighted by Gasteiger charge is 2.40. The Balaban J connectivity index is 2.06. The van der Waals surface area contributed by atoms with Crippen LogP contribution in [0.1, 0.15) is 34.1 Å². The number of anilines is 1. The van der Waals surface area contributed by atoms with E-state index in [1.54, 1.807) is 25.1 Å². The molecule has 0 bridgehead atoms. The molecular formula is C15H15NO4. The van der Waals surface area contributed by atoms with Gasteiger partial charge in [0.05, 0.1) is 12.3 Å². The zero-order chi connectivity index (χ0) is 14.3. The van der Waals surface area contributed by atoms with Gasteiger partial charge in [0.1, 0.15) is 5.92 Å². The van der Waals surface area contributed by atoms with Gasteiger partial charge in [-0.3, -0.25) is 14.4 Å². The van der Waals surface area contributed by atoms with E-state index in [1.165, 1.54) is 0 Å². The summed E-state index contributed by atoms with van der Waals surface area (Å²) in [6, 6.07) is 5.12. The molecule has 0 radical (unpaired) electrons. The average molecular weight is 273 g/mol. The Hall–Kier alpha value is -2.17. The number of carbonyl (C=O) groups excluding carboxylic acids is 3. The van der Waals surface area contributed by atoms with E-state index in [0.29, 0.717) is 36.3 Å². The number of Topliss-reactive ketones (excluding diaryl/α,β-unsaturated/α-hetero) is 2. The SMILES string of the molecule is CCOC(=O)C1CN2CCC(=O)c3cccc(c32)C1=O. The molecule has 0 aromatic heterocycles. The summed E-state index contributed by atoms with van der Waals surface area (Å²) in [5.74, 6) is -1.46. The summed E-state index contributed by atoms with van der Waals surface area (Å²) in [5, 5.41) is 0. The van der Waals surface area contributed by atoms with Gasteiger partial charge < -0.3 is 9.64 Å². The van der Waals surface area contributed by atoms with Gasteiger partial charge in [0.2, 0.25) is 0 Å². The molecule has 0 N–H and O–H groups in total. The summed E-state index contributed by atoms with van der Waals surface area (Å²) < 4.78 is 4.98. The number of para-hydroxylation sites is 1. The Morgan fingerprint density at radius 2 is 2.10 bits per heavy atom. The van der Waals surface area contributed by atoms with Crippen LogP contribution in [-0.2, 0) is 9.53 Å². The molecular weight excluding hydrogens is 258 g/mol. The van der Waals surface area contributed by atoms with E-state index < -0.39 is 11.9 Å². The highest BCUT2D eigenvalue weighted by atomic mass is 16.5. The van der Waals surface area contributed by atoms with E-state index >= 15 is 0 Å². The third kappa shape index (κ3) is 1.81. The van der Waals surface area contributed by atoms with Gasteiger partial charge >= 0.3 is 5.97 Å². The van der Waals surface area contributed by atoms with Crippen LogP contribution >= 0.6 is 0 Å². The number of ether oxygens (including phenoxy) is 1. The van der Waals surface area contributed by atoms with Crippen molar-refractivity contribution in [2.24, 2.45) is 5.92 Å². The van der Waals surface area contributed by atoms with Crippen LogP contribution in [0.3, 0.4) is 0 Å². The fourth-order valence-corrected chi connectivity index (χ4v) is 2.89. The van der Waals surface area contributed by atoms with Crippen molar-refractivity contribution in [1.29, 1.82) is 0 Å². The lowest BCUT2D eigenvalue weighted by Gasteiger charge is -2.37. The van der Waals surface area contributed by atoms with E-state index in [-0.39, 0.29) is 18.2 Å². The number of benzene rings is 1. The summed E-state index contributed by atoms with van der Waals surface area (Å²) in [6.45, 7) is 2.83. The molecule has 2 aliphatic heterocycles. The molecule has 3 rings (SSSR count). The number of rotatable bonds is 2. The fraction of sp³-hybridized carbons (Fsp3) is 0.400. The normalized spacial score (nSPS) is 20.6. The van der Waals surface area contributed by atoms with Crippen LogP contribution in [0.2, 0.25) is 0 Å². The molecule has 0 amide bonds. The Kier molecular flexibility index (Phi) is 3.04. The van der Waals surface area contributed by atoms with Crippen LogP contribution < -0.4 is 4.90 Å². The second-order valence-electron chi connectivity index (χ2n) is 4.99. The minimum atomic E-state index is -0.786. The van der Waals surface area contributed by atoms with Crippen molar-refractivity contribution in [2.75, 3.05) is 24.6 Å². The molecule has 2 heterocycles. The first-order valence-electron chi connectivity index (χ1n) is 6.75. The second kappa shape index (κ2) is 4.74. The first-order valence-corrected chi connectivity index (χ1v) is 6.75. The quantitative estimate of drug-likeness (QED) is 0.603. The summed E-state index contributed by atoms with van der Waals surface area (Å²) in [4.78, 5) is 38.2. The molecule has 1 unspecified atom stereocenters. The zero-order valence-electron chi connectivity index (χ0n) is 11.2. The molecule has 1 aromatic rings. The second-order valence-corrected chi connectivity index (χ2v) is 4.99. The molecule has 20 heavy (non-hydrogen) atoms. The molecule has 0 fully saturated rings. The first kappa shape index (κ1) is 12.8. The number of hydrogen-bond donors (Lipinski definition) is 0. The van der Waals surface area contributed by atoms with Gasteiger partial charge in [-0.2, -0.15) is 0 Å². The summed E-state index contributed by atoms with van der Waals surface area (Å²) in [5.41, 5.74) is 1.73. The van der Waals surface area contributed by atoms with Gasteiger partial charge in [0, 0.05) is 30.6 Å². The Bertz CT molecular complexity index is 608. The summed E-state index contributed by atoms with van der Waals surface area (Å²) in [7, 11) is 0. The number of ketones is 2. The number of hydrogen-bond acceptors (Lipinski definition) is 5. The predicted molar refractivity (Wildman–Crippen MR) is 72.1 cm³/mol. The fourth-order valence-electron chi connectivity index (χ4n) is 2.89. The van der Waals surface area contributed by atoms with Crippen LogP contribution in [0, 0.1) is 5.92 Å². The first-order chi connectivity index (χ1) is 9.63. The summed E-state index contributed by atoms with van der Waals surface area (Å²) in [6.07, 6.45) is 0.417. The van der Waals surface area contributed by atoms with Gasteiger partial charge in [-0.05, 0) is 19.1 Å². The van der Waals surface area contributed by atoms with E-state index in [0.717, 1.165) is 0 Å². The number of esters is 1. The molecule has 0 spiro atoms. The lowest BCUT2D eigenvalue weighted by Crippen LogP contribution is -2.46. The maximum Gasteiger partial charge on any atom is 0.318 e. The smallest absolute Gasteiger partial charge is 0.318 e. The topological polar surface area (TPSA) is 63.7 Å². The molecule has 1 aromatic carbocycles. The monoisotopic (exact) mass is 273 g/mol. The Morgan fingerprint density at radius 1 is 1.35 bits per heavy atom. The van der Waals surface area contributed by atoms with Gasteiger partial charge in [-0.25, -0.2) is 0 Å². The molecule has 5 heteroatoms. The Morgan fingerprint density at radius 3 is 2.85 bits per heavy atom. The van der Waals surface area contributed by atoms with Crippen LogP contribution in [-0.4, -0.2) is 37.2 Å². The number of nitrogens with zero attached hydrogens (tertiary/aromatic N) is 1. The van der Waals surface area contributed by atoms with Gasteiger partial charge in [0.25, 0.3) is 0 Å². The van der Waals surface area contributed by atoms with Gasteiger partial charge in [0.15, 0.2) is 11.6 Å². The average Bonchev–Trinajstić information content (AvgIpc) is 2.45. The van der Waals surface area contributed by atoms with Crippen LogP contribution in [0.25, 0.3) is 0 Å². The van der Waals surface area contributed by atoms with Crippen molar-refractivity contribution in [3.63, 3.8) is 0 Å². The van der Waals surface area contributed by atoms with Gasteiger partial charge in [-0.15, -0.1) is 0 Å². The van der Waals surface area contributed by atoms with Gasteiger partial charge in [-0.1, -0.05) is 6.07 Å². The Labute approximate surface area is 116 Å². The van der Waals surface area contributed by atoms with Crippen molar-refractivity contribution in [1.82, 2.24) is 0 Å². The minimum absolute atomic E-state index is 0.0560. The lowest BCUT2D eigenvalue weighted by atomic mass is 9.85. The summed E-state index contributed by atoms with van der Waals surface area (Å²) >= 11 is 0. The molecule has 0 saturated carbocycles. The van der Waals surface area contributed by atoms with Crippen molar-refractivity contribution in [3.8, 4) is 0 Å². The largest absolute Gasteiger partial charge is 0.465 e. The molecule has 104 valence electrons. The number of carbonyl (C=O) groups is 3. The van der Waals surface area contributed by atoms with E-state index in [2.05, 4.69) is 0 Å². The van der Waals surface area contributed by atoms with Crippen molar-refractivity contribution >= 4 is 23.2 Å². The highest BCUT2D eigenvalue weighted by Crippen LogP contribution is 2.36. The zero-order valence-corrected chi connectivity index (χ0v) is 11.2. The van der Waals surface area contributed by atoms with Crippen LogP contribution in [0.15, 0.2) is 18.2 Å². The standard InChI is InChI=1S/C15H15NO4/c1-2-20-15(19)11-8-16-7-6-12(17)9-4-3-5-10(13(9)16)14(11)18/h3-5,11H,2,6-8H2,1H3. The maximum atomic E-state index is 12.4. The minimum Gasteiger partial charge on any atom is -0.465 e. The van der Waals surface area contributed by atoms with E-state index in [1.807, 2.05) is 4.90 Å². The van der Waals surface area contributed by atoms with Crippen LogP contribution in [0.4, 0.5) is 5.69 Å². The highest BCUT2D eigenvalue weighted by molar-refractivity contribution is 6.17. The van der Waals surface area contributed by atoms with Crippen molar-refractivity contribution < 1.29 is 19.1 Å². The van der Waals surface area contributed by atoms with Crippen LogP contribution in [0.5, 0.6) is 0 Å². The molecule has 0 saturated heterocycles. The molecule has 5 nitrogen and oxygen atoms in total. The van der Waals surface area contributed by atoms with E-state index in [9.17, 15) is 14.4 Å². The third-order valence-corrected chi connectivity index (χ3v) is 3.82. The third-order valence-electron chi connectivity index (χ3n) is 3.82. The van der Waals surface area contributed by atoms with Crippen molar-refractivity contribution in [2.45, 2.75) is 13.3 Å². The maximum absolute atomic E-state index is 12.4. The van der Waals surface area contributed by atoms with E-state index in [4.69, 9.17) is 4.74 Å². The molecule has 0 aliphatic carbocycles. The predicted octanol–water partition coefficient (Wildman–Crippen LogP) is 1.46. The molecule has 1 atom stereocenters. The lowest BCUT2D eigenvalue weighted by molar-refractivity contribution is -0.145.